The summed E-state index contributed by atoms with van der Waals surface area (Å²) < 4.78 is 1.62. The molecule has 0 unspecified atom stereocenters. The highest BCUT2D eigenvalue weighted by molar-refractivity contribution is 5.83. The molecular formula is C26H28N6O2. The van der Waals surface area contributed by atoms with Crippen LogP contribution in [0.5, 0.6) is 0 Å². The van der Waals surface area contributed by atoms with Gasteiger partial charge in [0.2, 0.25) is 11.9 Å². The number of hydrogen-bond donors (Lipinski definition) is 2. The van der Waals surface area contributed by atoms with Crippen molar-refractivity contribution < 1.29 is 4.79 Å². The Bertz CT molecular complexity index is 1430. The molecule has 0 radical (unpaired) electrons. The first-order valence-electron chi connectivity index (χ1n) is 11.3. The zero-order valence-corrected chi connectivity index (χ0v) is 19.6. The number of aryl methyl sites for hydroxylation is 3. The molecule has 4 rings (SSSR count). The average molecular weight is 457 g/mol. The van der Waals surface area contributed by atoms with Crippen molar-refractivity contribution in [1.82, 2.24) is 19.5 Å². The number of primary amides is 1. The van der Waals surface area contributed by atoms with Crippen LogP contribution < -0.4 is 16.6 Å². The van der Waals surface area contributed by atoms with E-state index >= 15 is 0 Å². The fraction of sp³-hybridized carbons (Fsp3) is 0.269. The molecule has 3 heterocycles. The van der Waals surface area contributed by atoms with Crippen LogP contribution in [0.4, 0.5) is 5.95 Å². The zero-order valence-electron chi connectivity index (χ0n) is 19.6. The summed E-state index contributed by atoms with van der Waals surface area (Å²) in [4.78, 5) is 38.4. The highest BCUT2D eigenvalue weighted by Gasteiger charge is 2.16. The van der Waals surface area contributed by atoms with Crippen molar-refractivity contribution in [2.75, 3.05) is 11.9 Å². The molecule has 0 saturated carbocycles. The Morgan fingerprint density at radius 3 is 2.62 bits per heavy atom. The smallest absolute Gasteiger partial charge is 0.260 e. The second-order valence-electron chi connectivity index (χ2n) is 8.28. The average Bonchev–Trinajstić information content (AvgIpc) is 2.80. The van der Waals surface area contributed by atoms with Gasteiger partial charge in [-0.3, -0.25) is 19.1 Å². The highest BCUT2D eigenvalue weighted by atomic mass is 16.1. The Balaban J connectivity index is 1.83. The monoisotopic (exact) mass is 456 g/mol. The summed E-state index contributed by atoms with van der Waals surface area (Å²) in [6, 6.07) is 13.7. The standard InChI is InChI=1S/C26H28N6O2/c1-4-28-26-29-15-19-14-21(25(34)32(24(19)31-26)12-6-9-23(27)33)20-11-10-18(13-16(20)2)22-8-5-7-17(3)30-22/h5,7-8,10-11,13-15H,4,6,9,12H2,1-3H3,(H2,27,33)(H,28,29,31). The van der Waals surface area contributed by atoms with Crippen LogP contribution in [0.3, 0.4) is 0 Å². The van der Waals surface area contributed by atoms with E-state index in [2.05, 4.69) is 20.3 Å². The quantitative estimate of drug-likeness (QED) is 0.416. The van der Waals surface area contributed by atoms with Crippen LogP contribution in [0, 0.1) is 13.8 Å². The largest absolute Gasteiger partial charge is 0.370 e. The third-order valence-electron chi connectivity index (χ3n) is 5.67. The lowest BCUT2D eigenvalue weighted by Gasteiger charge is -2.15. The van der Waals surface area contributed by atoms with Crippen molar-refractivity contribution in [3.05, 3.63) is 70.3 Å². The third-order valence-corrected chi connectivity index (χ3v) is 5.67. The van der Waals surface area contributed by atoms with E-state index in [9.17, 15) is 9.59 Å². The number of nitrogens with one attached hydrogen (secondary N) is 1. The Labute approximate surface area is 197 Å². The molecule has 0 aliphatic rings. The zero-order chi connectivity index (χ0) is 24.2. The summed E-state index contributed by atoms with van der Waals surface area (Å²) in [6.45, 7) is 6.90. The summed E-state index contributed by atoms with van der Waals surface area (Å²) in [7, 11) is 0. The first kappa shape index (κ1) is 23.1. The molecule has 8 heteroatoms. The number of benzene rings is 1. The van der Waals surface area contributed by atoms with E-state index in [1.165, 1.54) is 0 Å². The highest BCUT2D eigenvalue weighted by Crippen LogP contribution is 2.28. The van der Waals surface area contributed by atoms with E-state index < -0.39 is 5.91 Å². The Kier molecular flexibility index (Phi) is 6.67. The second kappa shape index (κ2) is 9.82. The minimum atomic E-state index is -0.396. The maximum Gasteiger partial charge on any atom is 0.260 e. The predicted octanol–water partition coefficient (Wildman–Crippen LogP) is 3.83. The lowest BCUT2D eigenvalue weighted by Crippen LogP contribution is -2.24. The van der Waals surface area contributed by atoms with Gasteiger partial charge in [-0.15, -0.1) is 0 Å². The van der Waals surface area contributed by atoms with Gasteiger partial charge in [0.1, 0.15) is 5.65 Å². The minimum Gasteiger partial charge on any atom is -0.370 e. The summed E-state index contributed by atoms with van der Waals surface area (Å²) in [5, 5.41) is 3.83. The van der Waals surface area contributed by atoms with Gasteiger partial charge in [0.25, 0.3) is 5.56 Å². The van der Waals surface area contributed by atoms with Crippen LogP contribution in [0.1, 0.15) is 31.0 Å². The van der Waals surface area contributed by atoms with E-state index in [0.717, 1.165) is 33.5 Å². The van der Waals surface area contributed by atoms with Crippen LogP contribution in [-0.2, 0) is 11.3 Å². The lowest BCUT2D eigenvalue weighted by atomic mass is 9.97. The van der Waals surface area contributed by atoms with E-state index in [-0.39, 0.29) is 12.0 Å². The minimum absolute atomic E-state index is 0.164. The van der Waals surface area contributed by atoms with Gasteiger partial charge < -0.3 is 11.1 Å². The summed E-state index contributed by atoms with van der Waals surface area (Å²) in [5.74, 6) is 0.0599. The van der Waals surface area contributed by atoms with Crippen LogP contribution >= 0.6 is 0 Å². The van der Waals surface area contributed by atoms with Gasteiger partial charge in [-0.25, -0.2) is 4.98 Å². The van der Waals surface area contributed by atoms with Crippen LogP contribution in [0.2, 0.25) is 0 Å². The topological polar surface area (TPSA) is 116 Å². The van der Waals surface area contributed by atoms with Gasteiger partial charge in [-0.2, -0.15) is 4.98 Å². The van der Waals surface area contributed by atoms with Gasteiger partial charge >= 0.3 is 0 Å². The van der Waals surface area contributed by atoms with E-state index in [4.69, 9.17) is 5.73 Å². The van der Waals surface area contributed by atoms with Crippen molar-refractivity contribution in [1.29, 1.82) is 0 Å². The molecule has 34 heavy (non-hydrogen) atoms. The molecule has 1 aromatic carbocycles. The number of pyridine rings is 2. The second-order valence-corrected chi connectivity index (χ2v) is 8.28. The van der Waals surface area contributed by atoms with Gasteiger partial charge in [0.15, 0.2) is 0 Å². The van der Waals surface area contributed by atoms with Gasteiger partial charge in [0.05, 0.1) is 5.69 Å². The Hall–Kier alpha value is -4.07. The van der Waals surface area contributed by atoms with Crippen molar-refractivity contribution in [3.8, 4) is 22.4 Å². The van der Waals surface area contributed by atoms with E-state index in [1.807, 2.05) is 63.2 Å². The maximum atomic E-state index is 13.6. The number of hydrogen-bond acceptors (Lipinski definition) is 6. The Morgan fingerprint density at radius 1 is 1.09 bits per heavy atom. The number of carbonyl (C=O) groups excluding carboxylic acids is 1. The number of carbonyl (C=O) groups is 1. The molecule has 3 aromatic heterocycles. The lowest BCUT2D eigenvalue weighted by molar-refractivity contribution is -0.118. The number of aromatic nitrogens is 4. The van der Waals surface area contributed by atoms with E-state index in [1.54, 1.807) is 10.8 Å². The summed E-state index contributed by atoms with van der Waals surface area (Å²) in [6.07, 6.45) is 2.36. The van der Waals surface area contributed by atoms with E-state index in [0.29, 0.717) is 36.7 Å². The molecule has 0 aliphatic heterocycles. The van der Waals surface area contributed by atoms with Gasteiger partial charge in [0, 0.05) is 47.9 Å². The summed E-state index contributed by atoms with van der Waals surface area (Å²) in [5.41, 5.74) is 10.9. The number of nitrogens with two attached hydrogens (primary N) is 1. The van der Waals surface area contributed by atoms with Crippen molar-refractivity contribution >= 4 is 22.9 Å². The van der Waals surface area contributed by atoms with Crippen LogP contribution in [0.15, 0.2) is 53.5 Å². The van der Waals surface area contributed by atoms with Crippen LogP contribution in [-0.4, -0.2) is 32.0 Å². The predicted molar refractivity (Wildman–Crippen MR) is 135 cm³/mol. The molecule has 1 amide bonds. The van der Waals surface area contributed by atoms with Crippen molar-refractivity contribution in [2.24, 2.45) is 5.73 Å². The molecular weight excluding hydrogens is 428 g/mol. The molecule has 0 fully saturated rings. The van der Waals surface area contributed by atoms with Gasteiger partial charge in [-0.05, 0) is 62.6 Å². The molecule has 0 bridgehead atoms. The Morgan fingerprint density at radius 2 is 1.91 bits per heavy atom. The van der Waals surface area contributed by atoms with Crippen LogP contribution in [0.25, 0.3) is 33.4 Å². The molecule has 0 atom stereocenters. The number of amides is 1. The molecule has 0 saturated heterocycles. The molecule has 174 valence electrons. The fourth-order valence-corrected chi connectivity index (χ4v) is 4.04. The maximum absolute atomic E-state index is 13.6. The number of anilines is 1. The third kappa shape index (κ3) is 4.80. The molecule has 0 spiro atoms. The SMILES string of the molecule is CCNc1ncc2cc(-c3ccc(-c4cccc(C)n4)cc3C)c(=O)n(CCCC(N)=O)c2n1. The fourth-order valence-electron chi connectivity index (χ4n) is 4.04. The number of fused-ring (bicyclic) bond motifs is 1. The number of nitrogens with zero attached hydrogens (tertiary/aromatic N) is 4. The van der Waals surface area contributed by atoms with Crippen molar-refractivity contribution in [3.63, 3.8) is 0 Å². The first-order valence-corrected chi connectivity index (χ1v) is 11.3. The normalized spacial score (nSPS) is 11.0. The molecule has 3 N–H and O–H groups in total. The molecule has 8 nitrogen and oxygen atoms in total. The first-order chi connectivity index (χ1) is 16.4. The number of rotatable bonds is 8. The van der Waals surface area contributed by atoms with Crippen molar-refractivity contribution in [2.45, 2.75) is 40.2 Å². The molecule has 0 aliphatic carbocycles. The van der Waals surface area contributed by atoms with Gasteiger partial charge in [-0.1, -0.05) is 18.2 Å². The summed E-state index contributed by atoms with van der Waals surface area (Å²) >= 11 is 0. The molecule has 4 aromatic rings.